The smallest absolute Gasteiger partial charge is 0.251 e. The molecule has 1 saturated heterocycles. The van der Waals surface area contributed by atoms with E-state index < -0.39 is 0 Å². The van der Waals surface area contributed by atoms with Gasteiger partial charge in [-0.05, 0) is 48.6 Å². The number of nitrogens with zero attached hydrogens (tertiary/aromatic N) is 2. The molecule has 0 saturated carbocycles. The van der Waals surface area contributed by atoms with E-state index in [1.807, 2.05) is 48.2 Å². The van der Waals surface area contributed by atoms with E-state index in [4.69, 9.17) is 4.99 Å². The number of carbonyl (C=O) groups is 2. The molecule has 0 unspecified atom stereocenters. The molecule has 170 valence electrons. The quantitative estimate of drug-likeness (QED) is 0.417. The van der Waals surface area contributed by atoms with E-state index in [-0.39, 0.29) is 11.8 Å². The molecule has 2 aromatic rings. The topological polar surface area (TPSA) is 85.8 Å². The first-order valence-electron chi connectivity index (χ1n) is 11.3. The summed E-state index contributed by atoms with van der Waals surface area (Å²) in [6, 6.07) is 15.8. The highest BCUT2D eigenvalue weighted by atomic mass is 16.2. The predicted molar refractivity (Wildman–Crippen MR) is 127 cm³/mol. The van der Waals surface area contributed by atoms with Crippen LogP contribution in [0, 0.1) is 0 Å². The molecule has 1 heterocycles. The van der Waals surface area contributed by atoms with E-state index in [9.17, 15) is 9.59 Å². The number of hydrogen-bond donors (Lipinski definition) is 3. The fourth-order valence-electron chi connectivity index (χ4n) is 3.79. The van der Waals surface area contributed by atoms with Gasteiger partial charge in [0, 0.05) is 45.2 Å². The first-order chi connectivity index (χ1) is 15.6. The summed E-state index contributed by atoms with van der Waals surface area (Å²) in [5, 5.41) is 9.32. The maximum atomic E-state index is 12.0. The summed E-state index contributed by atoms with van der Waals surface area (Å²) in [7, 11) is 1.64. The summed E-state index contributed by atoms with van der Waals surface area (Å²) in [5.74, 6) is 0.907. The average Bonchev–Trinajstić information content (AvgIpc) is 3.22. The molecular formula is C25H33N5O2. The van der Waals surface area contributed by atoms with Crippen molar-refractivity contribution in [2.24, 2.45) is 4.99 Å². The van der Waals surface area contributed by atoms with Crippen LogP contribution in [0.3, 0.4) is 0 Å². The minimum absolute atomic E-state index is 0.0796. The van der Waals surface area contributed by atoms with Gasteiger partial charge >= 0.3 is 0 Å². The maximum absolute atomic E-state index is 12.0. The molecule has 2 amide bonds. The highest BCUT2D eigenvalue weighted by Crippen LogP contribution is 2.17. The number of aliphatic imine (C=N–C) groups is 1. The fraction of sp³-hybridized carbons (Fsp3) is 0.400. The van der Waals surface area contributed by atoms with Gasteiger partial charge in [-0.25, -0.2) is 4.99 Å². The third-order valence-corrected chi connectivity index (χ3v) is 5.53. The van der Waals surface area contributed by atoms with Crippen LogP contribution in [0.5, 0.6) is 0 Å². The lowest BCUT2D eigenvalue weighted by Crippen LogP contribution is -2.38. The molecule has 0 radical (unpaired) electrons. The molecule has 1 aliphatic rings. The zero-order chi connectivity index (χ0) is 22.8. The van der Waals surface area contributed by atoms with Crippen molar-refractivity contribution in [2.45, 2.75) is 39.3 Å². The van der Waals surface area contributed by atoms with Crippen molar-refractivity contribution in [3.63, 3.8) is 0 Å². The zero-order valence-electron chi connectivity index (χ0n) is 19.0. The van der Waals surface area contributed by atoms with Crippen LogP contribution in [0.1, 0.15) is 46.8 Å². The van der Waals surface area contributed by atoms with Gasteiger partial charge in [-0.3, -0.25) is 9.59 Å². The Morgan fingerprint density at radius 3 is 2.62 bits per heavy atom. The second kappa shape index (κ2) is 11.9. The molecule has 0 atom stereocenters. The summed E-state index contributed by atoms with van der Waals surface area (Å²) >= 11 is 0. The lowest BCUT2D eigenvalue weighted by atomic mass is 10.1. The number of likely N-dealkylation sites (tertiary alicyclic amines) is 1. The highest BCUT2D eigenvalue weighted by Gasteiger charge is 2.20. The number of rotatable bonds is 9. The van der Waals surface area contributed by atoms with E-state index in [0.717, 1.165) is 48.6 Å². The van der Waals surface area contributed by atoms with Crippen LogP contribution < -0.4 is 16.0 Å². The van der Waals surface area contributed by atoms with Crippen molar-refractivity contribution in [3.8, 4) is 0 Å². The molecule has 3 N–H and O–H groups in total. The van der Waals surface area contributed by atoms with Crippen molar-refractivity contribution in [1.82, 2.24) is 20.9 Å². The van der Waals surface area contributed by atoms with Crippen molar-refractivity contribution < 1.29 is 9.59 Å². The van der Waals surface area contributed by atoms with Crippen LogP contribution in [-0.2, 0) is 24.3 Å². The van der Waals surface area contributed by atoms with E-state index in [1.54, 1.807) is 7.05 Å². The second-order valence-corrected chi connectivity index (χ2v) is 7.84. The Bertz CT molecular complexity index is 957. The third-order valence-electron chi connectivity index (χ3n) is 5.53. The molecular weight excluding hydrogens is 402 g/mol. The summed E-state index contributed by atoms with van der Waals surface area (Å²) < 4.78 is 0. The molecule has 7 nitrogen and oxygen atoms in total. The van der Waals surface area contributed by atoms with E-state index in [0.29, 0.717) is 31.6 Å². The minimum atomic E-state index is -0.0796. The zero-order valence-corrected chi connectivity index (χ0v) is 19.0. The monoisotopic (exact) mass is 435 g/mol. The summed E-state index contributed by atoms with van der Waals surface area (Å²) in [5.41, 5.74) is 4.03. The SMILES string of the molecule is CCNC(=NCc1ccccc1CN1CCCC1=O)NCCc1cccc(C(=O)NC)c1. The molecule has 2 aromatic carbocycles. The van der Waals surface area contributed by atoms with E-state index >= 15 is 0 Å². The molecule has 1 aliphatic heterocycles. The van der Waals surface area contributed by atoms with Gasteiger partial charge < -0.3 is 20.9 Å². The number of nitrogens with one attached hydrogen (secondary N) is 3. The van der Waals surface area contributed by atoms with Gasteiger partial charge in [0.15, 0.2) is 5.96 Å². The molecule has 0 aromatic heterocycles. The third kappa shape index (κ3) is 6.57. The molecule has 32 heavy (non-hydrogen) atoms. The number of benzene rings is 2. The van der Waals surface area contributed by atoms with Crippen LogP contribution in [0.2, 0.25) is 0 Å². The van der Waals surface area contributed by atoms with Crippen LogP contribution >= 0.6 is 0 Å². The van der Waals surface area contributed by atoms with Crippen molar-refractivity contribution in [2.75, 3.05) is 26.7 Å². The first kappa shape index (κ1) is 23.3. The normalized spacial score (nSPS) is 13.9. The lowest BCUT2D eigenvalue weighted by molar-refractivity contribution is -0.128. The predicted octanol–water partition coefficient (Wildman–Crippen LogP) is 2.47. The molecule has 3 rings (SSSR count). The average molecular weight is 436 g/mol. The van der Waals surface area contributed by atoms with Gasteiger partial charge in [0.05, 0.1) is 6.54 Å². The van der Waals surface area contributed by atoms with Gasteiger partial charge in [-0.1, -0.05) is 36.4 Å². The summed E-state index contributed by atoms with van der Waals surface area (Å²) in [6.07, 6.45) is 2.38. The number of hydrogen-bond acceptors (Lipinski definition) is 3. The molecule has 0 aliphatic carbocycles. The van der Waals surface area contributed by atoms with Crippen molar-refractivity contribution in [1.29, 1.82) is 0 Å². The fourth-order valence-corrected chi connectivity index (χ4v) is 3.79. The van der Waals surface area contributed by atoms with E-state index in [1.165, 1.54) is 0 Å². The Kier molecular flexibility index (Phi) is 8.66. The maximum Gasteiger partial charge on any atom is 0.251 e. The lowest BCUT2D eigenvalue weighted by Gasteiger charge is -2.18. The van der Waals surface area contributed by atoms with Gasteiger partial charge in [-0.2, -0.15) is 0 Å². The van der Waals surface area contributed by atoms with Crippen LogP contribution in [0.15, 0.2) is 53.5 Å². The summed E-state index contributed by atoms with van der Waals surface area (Å²) in [4.78, 5) is 30.5. The van der Waals surface area contributed by atoms with Gasteiger partial charge in [0.1, 0.15) is 0 Å². The Hall–Kier alpha value is -3.35. The Morgan fingerprint density at radius 1 is 1.09 bits per heavy atom. The van der Waals surface area contributed by atoms with Gasteiger partial charge in [0.25, 0.3) is 5.91 Å². The molecule has 7 heteroatoms. The van der Waals surface area contributed by atoms with Crippen LogP contribution in [-0.4, -0.2) is 49.4 Å². The second-order valence-electron chi connectivity index (χ2n) is 7.84. The van der Waals surface area contributed by atoms with Gasteiger partial charge in [-0.15, -0.1) is 0 Å². The first-order valence-corrected chi connectivity index (χ1v) is 11.3. The Balaban J connectivity index is 1.60. The van der Waals surface area contributed by atoms with Gasteiger partial charge in [0.2, 0.25) is 5.91 Å². The number of guanidine groups is 1. The van der Waals surface area contributed by atoms with E-state index in [2.05, 4.69) is 28.1 Å². The number of carbonyl (C=O) groups excluding carboxylic acids is 2. The standard InChI is InChI=1S/C25H33N5O2/c1-3-27-25(28-14-13-19-8-6-11-20(16-19)24(32)26-2)29-17-21-9-4-5-10-22(21)18-30-15-7-12-23(30)31/h4-6,8-11,16H,3,7,12-15,17-18H2,1-2H3,(H,26,32)(H2,27,28,29). The van der Waals surface area contributed by atoms with Crippen LogP contribution in [0.4, 0.5) is 0 Å². The molecule has 0 spiro atoms. The minimum Gasteiger partial charge on any atom is -0.357 e. The summed E-state index contributed by atoms with van der Waals surface area (Å²) in [6.45, 7) is 5.53. The largest absolute Gasteiger partial charge is 0.357 e. The Morgan fingerprint density at radius 2 is 1.91 bits per heavy atom. The van der Waals surface area contributed by atoms with Crippen LogP contribution in [0.25, 0.3) is 0 Å². The van der Waals surface area contributed by atoms with Crippen molar-refractivity contribution >= 4 is 17.8 Å². The Labute approximate surface area is 190 Å². The molecule has 0 bridgehead atoms. The highest BCUT2D eigenvalue weighted by molar-refractivity contribution is 5.94. The van der Waals surface area contributed by atoms with Crippen molar-refractivity contribution in [3.05, 3.63) is 70.8 Å². The number of amides is 2. The molecule has 1 fully saturated rings.